The van der Waals surface area contributed by atoms with Gasteiger partial charge in [0.25, 0.3) is 0 Å². The van der Waals surface area contributed by atoms with Crippen LogP contribution in [-0.4, -0.2) is 16.0 Å². The van der Waals surface area contributed by atoms with Gasteiger partial charge in [-0.15, -0.1) is 0 Å². The van der Waals surface area contributed by atoms with Gasteiger partial charge in [0, 0.05) is 22.6 Å². The summed E-state index contributed by atoms with van der Waals surface area (Å²) in [6.07, 6.45) is 3.72. The first kappa shape index (κ1) is 15.0. The van der Waals surface area contributed by atoms with E-state index in [0.29, 0.717) is 28.5 Å². The molecule has 0 unspecified atom stereocenters. The second-order valence-electron chi connectivity index (χ2n) is 6.24. The first-order chi connectivity index (χ1) is 11.6. The topological polar surface area (TPSA) is 89.8 Å². The summed E-state index contributed by atoms with van der Waals surface area (Å²) < 4.78 is 0. The van der Waals surface area contributed by atoms with E-state index >= 15 is 0 Å². The molecule has 0 radical (unpaired) electrons. The first-order valence-electron chi connectivity index (χ1n) is 7.93. The number of nitrogens with two attached hydrogens (primary N) is 2. The number of hydrogen-bond donors (Lipinski definition) is 3. The zero-order valence-corrected chi connectivity index (χ0v) is 13.8. The van der Waals surface area contributed by atoms with Gasteiger partial charge in [-0.1, -0.05) is 17.7 Å². The van der Waals surface area contributed by atoms with Crippen molar-refractivity contribution in [3.05, 3.63) is 53.2 Å². The lowest BCUT2D eigenvalue weighted by molar-refractivity contribution is 0.374. The van der Waals surface area contributed by atoms with Crippen molar-refractivity contribution < 1.29 is 0 Å². The van der Waals surface area contributed by atoms with Gasteiger partial charge in [0.05, 0.1) is 11.2 Å². The minimum Gasteiger partial charge on any atom is -0.396 e. The van der Waals surface area contributed by atoms with Gasteiger partial charge in [-0.25, -0.2) is 9.97 Å². The molecule has 1 fully saturated rings. The fourth-order valence-electron chi connectivity index (χ4n) is 3.23. The van der Waals surface area contributed by atoms with Gasteiger partial charge in [-0.2, -0.15) is 0 Å². The zero-order valence-electron chi connectivity index (χ0n) is 13.0. The Bertz CT molecular complexity index is 905. The van der Waals surface area contributed by atoms with Crippen LogP contribution in [0.3, 0.4) is 0 Å². The molecule has 1 aliphatic rings. The molecule has 24 heavy (non-hydrogen) atoms. The van der Waals surface area contributed by atoms with Crippen LogP contribution in [0, 0.1) is 0 Å². The highest BCUT2D eigenvalue weighted by Gasteiger charge is 2.32. The Kier molecular flexibility index (Phi) is 3.65. The number of rotatable bonds is 3. The highest BCUT2D eigenvalue weighted by molar-refractivity contribution is 6.31. The molecule has 6 heteroatoms. The van der Waals surface area contributed by atoms with E-state index in [9.17, 15) is 0 Å². The molecule has 1 aliphatic carbocycles. The van der Waals surface area contributed by atoms with Crippen LogP contribution in [0.2, 0.25) is 5.02 Å². The number of pyridine rings is 2. The van der Waals surface area contributed by atoms with Gasteiger partial charge in [0.2, 0.25) is 0 Å². The standard InChI is InChI=1S/C18H18ClN5/c19-12-3-1-10-2-4-16(24-15(10)9-12)23-13-7-11(8-13)14-5-6-22-18(21)17(14)20/h1-6,9,11,13H,7-8,20H2,(H2,21,22)(H,23,24)/t11-,13-. The van der Waals surface area contributed by atoms with Gasteiger partial charge in [-0.05, 0) is 54.7 Å². The molecule has 0 bridgehead atoms. The molecular weight excluding hydrogens is 322 g/mol. The SMILES string of the molecule is Nc1nccc([C@H]2C[C@H](Nc3ccc4ccc(Cl)cc4n3)C2)c1N. The zero-order chi connectivity index (χ0) is 16.7. The van der Waals surface area contributed by atoms with Gasteiger partial charge in [0.1, 0.15) is 11.6 Å². The smallest absolute Gasteiger partial charge is 0.146 e. The van der Waals surface area contributed by atoms with Crippen LogP contribution in [0.1, 0.15) is 24.3 Å². The molecule has 2 aromatic heterocycles. The van der Waals surface area contributed by atoms with Gasteiger partial charge in [0.15, 0.2) is 0 Å². The number of nitrogens with zero attached hydrogens (tertiary/aromatic N) is 2. The van der Waals surface area contributed by atoms with Crippen LogP contribution in [-0.2, 0) is 0 Å². The monoisotopic (exact) mass is 339 g/mol. The van der Waals surface area contributed by atoms with E-state index in [-0.39, 0.29) is 0 Å². The molecule has 2 heterocycles. The Morgan fingerprint density at radius 1 is 1.08 bits per heavy atom. The van der Waals surface area contributed by atoms with E-state index in [2.05, 4.69) is 21.4 Å². The molecule has 0 atom stereocenters. The normalized spacial score (nSPS) is 19.9. The number of nitrogens with one attached hydrogen (secondary N) is 1. The number of benzene rings is 1. The minimum atomic E-state index is 0.382. The number of hydrogen-bond acceptors (Lipinski definition) is 5. The third kappa shape index (κ3) is 2.71. The van der Waals surface area contributed by atoms with Crippen molar-refractivity contribution >= 4 is 39.8 Å². The number of fused-ring (bicyclic) bond motifs is 1. The average Bonchev–Trinajstić information content (AvgIpc) is 2.53. The molecule has 0 saturated heterocycles. The third-order valence-electron chi connectivity index (χ3n) is 4.64. The summed E-state index contributed by atoms with van der Waals surface area (Å²) in [5, 5.41) is 5.26. The second kappa shape index (κ2) is 5.83. The van der Waals surface area contributed by atoms with Crippen LogP contribution in [0.15, 0.2) is 42.6 Å². The number of anilines is 3. The van der Waals surface area contributed by atoms with E-state index in [1.165, 1.54) is 0 Å². The van der Waals surface area contributed by atoms with Gasteiger partial charge < -0.3 is 16.8 Å². The van der Waals surface area contributed by atoms with E-state index < -0.39 is 0 Å². The molecule has 0 amide bonds. The Balaban J connectivity index is 1.45. The van der Waals surface area contributed by atoms with E-state index in [4.69, 9.17) is 23.1 Å². The largest absolute Gasteiger partial charge is 0.396 e. The molecule has 1 aromatic carbocycles. The fourth-order valence-corrected chi connectivity index (χ4v) is 3.40. The maximum Gasteiger partial charge on any atom is 0.146 e. The summed E-state index contributed by atoms with van der Waals surface area (Å²) >= 11 is 6.04. The summed E-state index contributed by atoms with van der Waals surface area (Å²) in [7, 11) is 0. The summed E-state index contributed by atoms with van der Waals surface area (Å²) in [5.41, 5.74) is 14.4. The maximum absolute atomic E-state index is 6.04. The molecular formula is C18H18ClN5. The highest BCUT2D eigenvalue weighted by atomic mass is 35.5. The Morgan fingerprint density at radius 2 is 1.88 bits per heavy atom. The Labute approximate surface area is 145 Å². The Morgan fingerprint density at radius 3 is 2.71 bits per heavy atom. The van der Waals surface area contributed by atoms with Crippen molar-refractivity contribution in [2.45, 2.75) is 24.8 Å². The van der Waals surface area contributed by atoms with Crippen LogP contribution < -0.4 is 16.8 Å². The summed E-state index contributed by atoms with van der Waals surface area (Å²) in [5.74, 6) is 1.70. The minimum absolute atomic E-state index is 0.382. The van der Waals surface area contributed by atoms with Crippen LogP contribution in [0.25, 0.3) is 10.9 Å². The average molecular weight is 340 g/mol. The quantitative estimate of drug-likeness (QED) is 0.675. The lowest BCUT2D eigenvalue weighted by Gasteiger charge is -2.37. The third-order valence-corrected chi connectivity index (χ3v) is 4.87. The second-order valence-corrected chi connectivity index (χ2v) is 6.68. The number of halogens is 1. The van der Waals surface area contributed by atoms with Crippen molar-refractivity contribution in [2.75, 3.05) is 16.8 Å². The van der Waals surface area contributed by atoms with E-state index in [1.54, 1.807) is 6.20 Å². The first-order valence-corrected chi connectivity index (χ1v) is 8.30. The summed E-state index contributed by atoms with van der Waals surface area (Å²) in [6.45, 7) is 0. The molecule has 3 aromatic rings. The van der Waals surface area contributed by atoms with Gasteiger partial charge in [-0.3, -0.25) is 0 Å². The van der Waals surface area contributed by atoms with Crippen LogP contribution in [0.4, 0.5) is 17.3 Å². The van der Waals surface area contributed by atoms with Crippen molar-refractivity contribution in [3.63, 3.8) is 0 Å². The number of nitrogen functional groups attached to an aromatic ring is 2. The molecule has 5 N–H and O–H groups in total. The van der Waals surface area contributed by atoms with E-state index in [1.807, 2.05) is 30.3 Å². The molecule has 5 nitrogen and oxygen atoms in total. The van der Waals surface area contributed by atoms with Crippen LogP contribution >= 0.6 is 11.6 Å². The van der Waals surface area contributed by atoms with Crippen LogP contribution in [0.5, 0.6) is 0 Å². The molecule has 0 aliphatic heterocycles. The fraction of sp³-hybridized carbons (Fsp3) is 0.222. The van der Waals surface area contributed by atoms with Gasteiger partial charge >= 0.3 is 0 Å². The molecule has 1 saturated carbocycles. The van der Waals surface area contributed by atoms with Crippen molar-refractivity contribution in [1.29, 1.82) is 0 Å². The maximum atomic E-state index is 6.04. The predicted octanol–water partition coefficient (Wildman–Crippen LogP) is 3.81. The summed E-state index contributed by atoms with van der Waals surface area (Å²) in [6, 6.07) is 12.1. The van der Waals surface area contributed by atoms with Crippen molar-refractivity contribution in [2.24, 2.45) is 0 Å². The van der Waals surface area contributed by atoms with Crippen molar-refractivity contribution in [3.8, 4) is 0 Å². The highest BCUT2D eigenvalue weighted by Crippen LogP contribution is 2.41. The lowest BCUT2D eigenvalue weighted by atomic mass is 9.75. The van der Waals surface area contributed by atoms with Crippen molar-refractivity contribution in [1.82, 2.24) is 9.97 Å². The summed E-state index contributed by atoms with van der Waals surface area (Å²) in [4.78, 5) is 8.66. The molecule has 122 valence electrons. The van der Waals surface area contributed by atoms with E-state index in [0.717, 1.165) is 35.1 Å². The number of aromatic nitrogens is 2. The molecule has 0 spiro atoms. The molecule has 4 rings (SSSR count). The predicted molar refractivity (Wildman–Crippen MR) is 99.2 cm³/mol. The Hall–Kier alpha value is -2.53. The lowest BCUT2D eigenvalue weighted by Crippen LogP contribution is -2.34.